The Morgan fingerprint density at radius 3 is 0.955 bits per heavy atom. The Bertz CT molecular complexity index is 1200. The van der Waals surface area contributed by atoms with Gasteiger partial charge in [-0.3, -0.25) is 14.4 Å². The van der Waals surface area contributed by atoms with E-state index in [-0.39, 0.29) is 31.1 Å². The standard InChI is InChI=1S/C60H106O6/c1-4-7-10-13-16-18-20-22-23-24-25-26-27-28-29-30-31-32-33-34-35-36-37-39-40-42-44-47-50-53-59(62)65-56-57(55-64-58(61)52-49-46-15-12-9-6-3)66-60(63)54-51-48-45-43-41-38-21-19-17-14-11-8-5-2/h7,10,16,18-19,21-23,25-26,57H,4-6,8-9,11-15,17,20,24,27-56H2,1-3H3/b10-7-,18-16-,21-19-,23-22-,26-25-. The van der Waals surface area contributed by atoms with Crippen LogP contribution in [0.5, 0.6) is 0 Å². The number of ether oxygens (including phenoxy) is 3. The fraction of sp³-hybridized carbons (Fsp3) is 0.783. The molecule has 0 radical (unpaired) electrons. The summed E-state index contributed by atoms with van der Waals surface area (Å²) >= 11 is 0. The Balaban J connectivity index is 4.01. The minimum absolute atomic E-state index is 0.0747. The summed E-state index contributed by atoms with van der Waals surface area (Å²) in [6.07, 6.45) is 68.3. The van der Waals surface area contributed by atoms with Crippen molar-refractivity contribution in [3.05, 3.63) is 60.8 Å². The smallest absolute Gasteiger partial charge is 0.306 e. The molecule has 6 nitrogen and oxygen atoms in total. The molecule has 0 aromatic rings. The Morgan fingerprint density at radius 1 is 0.318 bits per heavy atom. The van der Waals surface area contributed by atoms with Gasteiger partial charge in [0.05, 0.1) is 0 Å². The van der Waals surface area contributed by atoms with Crippen LogP contribution in [0, 0.1) is 0 Å². The molecule has 6 heteroatoms. The highest BCUT2D eigenvalue weighted by Gasteiger charge is 2.19. The number of rotatable bonds is 51. The van der Waals surface area contributed by atoms with Crippen molar-refractivity contribution < 1.29 is 28.6 Å². The predicted octanol–water partition coefficient (Wildman–Crippen LogP) is 18.8. The molecule has 0 aromatic heterocycles. The molecule has 0 aliphatic rings. The molecule has 0 bridgehead atoms. The summed E-state index contributed by atoms with van der Waals surface area (Å²) in [7, 11) is 0. The lowest BCUT2D eigenvalue weighted by atomic mass is 10.0. The van der Waals surface area contributed by atoms with Crippen LogP contribution in [0.2, 0.25) is 0 Å². The average molecular weight is 924 g/mol. The second-order valence-electron chi connectivity index (χ2n) is 18.8. The molecule has 0 spiro atoms. The highest BCUT2D eigenvalue weighted by Crippen LogP contribution is 2.16. The third-order valence-electron chi connectivity index (χ3n) is 12.3. The van der Waals surface area contributed by atoms with Crippen LogP contribution in [0.15, 0.2) is 60.8 Å². The van der Waals surface area contributed by atoms with Crippen LogP contribution < -0.4 is 0 Å². The molecule has 0 aromatic carbocycles. The normalized spacial score (nSPS) is 12.5. The molecule has 0 fully saturated rings. The number of hydrogen-bond donors (Lipinski definition) is 0. The minimum atomic E-state index is -0.772. The lowest BCUT2D eigenvalue weighted by Crippen LogP contribution is -2.30. The van der Waals surface area contributed by atoms with Gasteiger partial charge in [-0.15, -0.1) is 0 Å². The van der Waals surface area contributed by atoms with E-state index in [1.165, 1.54) is 154 Å². The summed E-state index contributed by atoms with van der Waals surface area (Å²) in [5.74, 6) is -0.885. The Hall–Kier alpha value is -2.89. The van der Waals surface area contributed by atoms with Gasteiger partial charge in [-0.05, 0) is 83.5 Å². The van der Waals surface area contributed by atoms with Gasteiger partial charge in [0.15, 0.2) is 6.10 Å². The SMILES string of the molecule is CC/C=C\C/C=C\C/C=C\C/C=C\CCCCCCCCCCCCCCCCCCC(=O)OCC(COC(=O)CCCCCCCC)OC(=O)CCCCCCC/C=C\CCCCCC. The van der Waals surface area contributed by atoms with Gasteiger partial charge < -0.3 is 14.2 Å². The van der Waals surface area contributed by atoms with Gasteiger partial charge in [-0.1, -0.05) is 242 Å². The van der Waals surface area contributed by atoms with Crippen molar-refractivity contribution in [3.63, 3.8) is 0 Å². The van der Waals surface area contributed by atoms with Crippen molar-refractivity contribution in [3.8, 4) is 0 Å². The van der Waals surface area contributed by atoms with E-state index < -0.39 is 6.10 Å². The lowest BCUT2D eigenvalue weighted by molar-refractivity contribution is -0.167. The maximum Gasteiger partial charge on any atom is 0.306 e. The van der Waals surface area contributed by atoms with Gasteiger partial charge >= 0.3 is 17.9 Å². The zero-order valence-electron chi connectivity index (χ0n) is 43.7. The molecule has 0 heterocycles. The highest BCUT2D eigenvalue weighted by molar-refractivity contribution is 5.71. The molecule has 0 saturated carbocycles. The van der Waals surface area contributed by atoms with Gasteiger partial charge in [0.2, 0.25) is 0 Å². The number of carbonyl (C=O) groups excluding carboxylic acids is 3. The van der Waals surface area contributed by atoms with E-state index in [1.807, 2.05) is 0 Å². The summed E-state index contributed by atoms with van der Waals surface area (Å²) in [5.41, 5.74) is 0. The van der Waals surface area contributed by atoms with E-state index in [0.29, 0.717) is 19.3 Å². The van der Waals surface area contributed by atoms with Crippen LogP contribution in [0.3, 0.4) is 0 Å². The van der Waals surface area contributed by atoms with E-state index in [9.17, 15) is 14.4 Å². The number of hydrogen-bond acceptors (Lipinski definition) is 6. The van der Waals surface area contributed by atoms with E-state index in [4.69, 9.17) is 14.2 Å². The van der Waals surface area contributed by atoms with Crippen molar-refractivity contribution in [1.82, 2.24) is 0 Å². The molecule has 0 saturated heterocycles. The van der Waals surface area contributed by atoms with Crippen LogP contribution in [0.25, 0.3) is 0 Å². The second kappa shape index (κ2) is 54.7. The molecular weight excluding hydrogens is 817 g/mol. The Labute approximate surface area is 409 Å². The number of esters is 3. The van der Waals surface area contributed by atoms with Gasteiger partial charge in [0.25, 0.3) is 0 Å². The fourth-order valence-corrected chi connectivity index (χ4v) is 8.02. The van der Waals surface area contributed by atoms with Crippen molar-refractivity contribution in [2.24, 2.45) is 0 Å². The van der Waals surface area contributed by atoms with Crippen LogP contribution in [-0.2, 0) is 28.6 Å². The van der Waals surface area contributed by atoms with Gasteiger partial charge in [-0.25, -0.2) is 0 Å². The number of allylic oxidation sites excluding steroid dienone is 10. The van der Waals surface area contributed by atoms with Crippen LogP contribution in [0.1, 0.15) is 284 Å². The molecule has 1 atom stereocenters. The molecule has 0 amide bonds. The van der Waals surface area contributed by atoms with Crippen molar-refractivity contribution in [1.29, 1.82) is 0 Å². The number of carbonyl (C=O) groups is 3. The largest absolute Gasteiger partial charge is 0.462 e. The summed E-state index contributed by atoms with van der Waals surface area (Å²) < 4.78 is 16.7. The summed E-state index contributed by atoms with van der Waals surface area (Å²) in [5, 5.41) is 0. The van der Waals surface area contributed by atoms with Crippen molar-refractivity contribution >= 4 is 17.9 Å². The molecule has 382 valence electrons. The van der Waals surface area contributed by atoms with Crippen LogP contribution in [-0.4, -0.2) is 37.2 Å². The zero-order chi connectivity index (χ0) is 47.9. The number of unbranched alkanes of at least 4 members (excludes halogenated alkanes) is 30. The first-order chi connectivity index (χ1) is 32.5. The molecular formula is C60H106O6. The van der Waals surface area contributed by atoms with Crippen LogP contribution >= 0.6 is 0 Å². The molecule has 0 aliphatic heterocycles. The van der Waals surface area contributed by atoms with Gasteiger partial charge in [-0.2, -0.15) is 0 Å². The second-order valence-corrected chi connectivity index (χ2v) is 18.8. The molecule has 0 aliphatic carbocycles. The van der Waals surface area contributed by atoms with Crippen molar-refractivity contribution in [2.75, 3.05) is 13.2 Å². The Morgan fingerprint density at radius 2 is 0.591 bits per heavy atom. The lowest BCUT2D eigenvalue weighted by Gasteiger charge is -2.18. The van der Waals surface area contributed by atoms with Crippen molar-refractivity contribution in [2.45, 2.75) is 290 Å². The molecule has 0 N–H and O–H groups in total. The fourth-order valence-electron chi connectivity index (χ4n) is 8.02. The highest BCUT2D eigenvalue weighted by atomic mass is 16.6. The first kappa shape index (κ1) is 63.1. The van der Waals surface area contributed by atoms with E-state index in [0.717, 1.165) is 89.9 Å². The van der Waals surface area contributed by atoms with Gasteiger partial charge in [0.1, 0.15) is 13.2 Å². The topological polar surface area (TPSA) is 78.9 Å². The third kappa shape index (κ3) is 52.1. The Kier molecular flexibility index (Phi) is 52.3. The maximum absolute atomic E-state index is 12.7. The van der Waals surface area contributed by atoms with E-state index >= 15 is 0 Å². The molecule has 1 unspecified atom stereocenters. The quantitative estimate of drug-likeness (QED) is 0.0262. The average Bonchev–Trinajstić information content (AvgIpc) is 3.31. The first-order valence-electron chi connectivity index (χ1n) is 28.3. The summed E-state index contributed by atoms with van der Waals surface area (Å²) in [6, 6.07) is 0. The third-order valence-corrected chi connectivity index (χ3v) is 12.3. The van der Waals surface area contributed by atoms with Crippen LogP contribution in [0.4, 0.5) is 0 Å². The maximum atomic E-state index is 12.7. The molecule has 66 heavy (non-hydrogen) atoms. The van der Waals surface area contributed by atoms with Gasteiger partial charge in [0, 0.05) is 19.3 Å². The monoisotopic (exact) mass is 923 g/mol. The minimum Gasteiger partial charge on any atom is -0.462 e. The van der Waals surface area contributed by atoms with E-state index in [2.05, 4.69) is 81.5 Å². The molecule has 0 rings (SSSR count). The predicted molar refractivity (Wildman–Crippen MR) is 284 cm³/mol. The van der Waals surface area contributed by atoms with E-state index in [1.54, 1.807) is 0 Å². The zero-order valence-corrected chi connectivity index (χ0v) is 43.7. The summed E-state index contributed by atoms with van der Waals surface area (Å²) in [6.45, 7) is 6.46. The summed E-state index contributed by atoms with van der Waals surface area (Å²) in [4.78, 5) is 37.8. The first-order valence-corrected chi connectivity index (χ1v) is 28.3.